The largest absolute Gasteiger partial charge is 0.744 e. The Morgan fingerprint density at radius 2 is 0.810 bits per heavy atom. The van der Waals surface area contributed by atoms with E-state index in [0.717, 1.165) is 0 Å². The molecule has 0 heterocycles. The first kappa shape index (κ1) is 20.0. The van der Waals surface area contributed by atoms with E-state index in [9.17, 15) is 25.9 Å². The molecule has 0 saturated heterocycles. The van der Waals surface area contributed by atoms with Gasteiger partial charge in [-0.05, 0) is 24.3 Å². The second-order valence-electron chi connectivity index (χ2n) is 3.53. The maximum absolute atomic E-state index is 10.3. The van der Waals surface area contributed by atoms with Crippen LogP contribution in [0.15, 0.2) is 70.5 Å². The molecule has 0 spiro atoms. The molecule has 0 fully saturated rings. The summed E-state index contributed by atoms with van der Waals surface area (Å²) in [6.07, 6.45) is 0. The summed E-state index contributed by atoms with van der Waals surface area (Å²) in [5, 5.41) is 0. The zero-order chi connectivity index (χ0) is 15.2. The average molecular weight is 422 g/mol. The SMILES string of the molecule is O=S(=O)([O-])c1ccccc1.O=S(=O)([O-])c1ccccc1.[Ag]. The minimum absolute atomic E-state index is 0. The van der Waals surface area contributed by atoms with Gasteiger partial charge in [0.25, 0.3) is 0 Å². The Hall–Kier alpha value is -1.000. The second-order valence-corrected chi connectivity index (χ2v) is 6.29. The van der Waals surface area contributed by atoms with Crippen LogP contribution in [0.1, 0.15) is 0 Å². The van der Waals surface area contributed by atoms with Crippen molar-refractivity contribution in [1.82, 2.24) is 0 Å². The average Bonchev–Trinajstić information content (AvgIpc) is 2.40. The monoisotopic (exact) mass is 421 g/mol. The molecule has 119 valence electrons. The predicted molar refractivity (Wildman–Crippen MR) is 68.8 cm³/mol. The van der Waals surface area contributed by atoms with Crippen molar-refractivity contribution in [1.29, 1.82) is 0 Å². The van der Waals surface area contributed by atoms with Crippen LogP contribution in [0.5, 0.6) is 0 Å². The van der Waals surface area contributed by atoms with E-state index in [-0.39, 0.29) is 32.2 Å². The topological polar surface area (TPSA) is 114 Å². The van der Waals surface area contributed by atoms with E-state index in [1.54, 1.807) is 12.1 Å². The summed E-state index contributed by atoms with van der Waals surface area (Å²) in [6.45, 7) is 0. The molecule has 0 saturated carbocycles. The smallest absolute Gasteiger partial charge is 0.124 e. The van der Waals surface area contributed by atoms with E-state index in [2.05, 4.69) is 0 Å². The molecule has 0 aliphatic rings. The van der Waals surface area contributed by atoms with Gasteiger partial charge in [-0.1, -0.05) is 36.4 Å². The molecule has 2 rings (SSSR count). The molecular weight excluding hydrogens is 412 g/mol. The molecular formula is C12H10AgO6S2-2. The molecule has 0 aromatic heterocycles. The van der Waals surface area contributed by atoms with Crippen LogP contribution >= 0.6 is 0 Å². The van der Waals surface area contributed by atoms with E-state index in [4.69, 9.17) is 0 Å². The van der Waals surface area contributed by atoms with Crippen molar-refractivity contribution < 1.29 is 48.3 Å². The molecule has 0 bridgehead atoms. The third kappa shape index (κ3) is 7.53. The van der Waals surface area contributed by atoms with Gasteiger partial charge in [0, 0.05) is 22.4 Å². The summed E-state index contributed by atoms with van der Waals surface area (Å²) >= 11 is 0. The quantitative estimate of drug-likeness (QED) is 0.531. The Balaban J connectivity index is 0.000000364. The van der Waals surface area contributed by atoms with Crippen molar-refractivity contribution >= 4 is 20.2 Å². The standard InChI is InChI=1S/2C6H6O3S.Ag/c2*7-10(8,9)6-4-2-1-3-5-6;/h2*1-5H,(H,7,8,9);/p-2. The number of rotatable bonds is 2. The van der Waals surface area contributed by atoms with Crippen LogP contribution in [0, 0.1) is 0 Å². The first-order chi connectivity index (χ1) is 9.21. The molecule has 0 amide bonds. The summed E-state index contributed by atoms with van der Waals surface area (Å²) in [5.74, 6) is 0. The number of benzene rings is 2. The molecule has 0 N–H and O–H groups in total. The first-order valence-electron chi connectivity index (χ1n) is 5.23. The molecule has 0 aliphatic heterocycles. The molecule has 9 heteroatoms. The Bertz CT molecular complexity index is 675. The van der Waals surface area contributed by atoms with Crippen LogP contribution in [-0.2, 0) is 42.6 Å². The normalized spacial score (nSPS) is 10.8. The van der Waals surface area contributed by atoms with Gasteiger partial charge in [-0.25, -0.2) is 16.8 Å². The maximum atomic E-state index is 10.3. The third-order valence-electron chi connectivity index (χ3n) is 2.06. The Morgan fingerprint density at radius 1 is 0.571 bits per heavy atom. The molecule has 0 unspecified atom stereocenters. The van der Waals surface area contributed by atoms with Crippen molar-refractivity contribution in [3.63, 3.8) is 0 Å². The summed E-state index contributed by atoms with van der Waals surface area (Å²) in [4.78, 5) is -0.370. The van der Waals surface area contributed by atoms with Gasteiger partial charge in [0.05, 0.1) is 9.79 Å². The van der Waals surface area contributed by atoms with E-state index in [1.165, 1.54) is 48.5 Å². The van der Waals surface area contributed by atoms with Crippen LogP contribution in [0.4, 0.5) is 0 Å². The second kappa shape index (κ2) is 8.44. The summed E-state index contributed by atoms with van der Waals surface area (Å²) in [6, 6.07) is 14.4. The van der Waals surface area contributed by atoms with Gasteiger partial charge in [0.15, 0.2) is 0 Å². The van der Waals surface area contributed by atoms with E-state index >= 15 is 0 Å². The zero-order valence-electron chi connectivity index (χ0n) is 10.3. The molecule has 2 aromatic carbocycles. The summed E-state index contributed by atoms with van der Waals surface area (Å²) < 4.78 is 61.7. The van der Waals surface area contributed by atoms with Gasteiger partial charge in [-0.2, -0.15) is 0 Å². The van der Waals surface area contributed by atoms with Crippen LogP contribution in [-0.4, -0.2) is 25.9 Å². The Kier molecular flexibility index (Phi) is 8.04. The minimum Gasteiger partial charge on any atom is -0.744 e. The molecule has 2 aromatic rings. The van der Waals surface area contributed by atoms with Gasteiger partial charge >= 0.3 is 0 Å². The third-order valence-corrected chi connectivity index (χ3v) is 3.76. The molecule has 0 aliphatic carbocycles. The first-order valence-corrected chi connectivity index (χ1v) is 8.05. The van der Waals surface area contributed by atoms with Gasteiger partial charge < -0.3 is 9.11 Å². The number of hydrogen-bond donors (Lipinski definition) is 0. The van der Waals surface area contributed by atoms with Crippen LogP contribution in [0.25, 0.3) is 0 Å². The number of hydrogen-bond acceptors (Lipinski definition) is 6. The fraction of sp³-hybridized carbons (Fsp3) is 0. The molecule has 6 nitrogen and oxygen atoms in total. The molecule has 0 atom stereocenters. The van der Waals surface area contributed by atoms with Crippen molar-refractivity contribution in [3.8, 4) is 0 Å². The van der Waals surface area contributed by atoms with Gasteiger partial charge in [0.1, 0.15) is 20.2 Å². The van der Waals surface area contributed by atoms with Crippen molar-refractivity contribution in [2.24, 2.45) is 0 Å². The molecule has 1 radical (unpaired) electrons. The zero-order valence-corrected chi connectivity index (χ0v) is 13.5. The maximum Gasteiger partial charge on any atom is 0.124 e. The Labute approximate surface area is 138 Å². The van der Waals surface area contributed by atoms with Crippen molar-refractivity contribution in [2.75, 3.05) is 0 Å². The summed E-state index contributed by atoms with van der Waals surface area (Å²) in [5.41, 5.74) is 0. The van der Waals surface area contributed by atoms with Crippen LogP contribution < -0.4 is 0 Å². The van der Waals surface area contributed by atoms with E-state index in [1.807, 2.05) is 0 Å². The van der Waals surface area contributed by atoms with Crippen LogP contribution in [0.2, 0.25) is 0 Å². The summed E-state index contributed by atoms with van der Waals surface area (Å²) in [7, 11) is -8.51. The van der Waals surface area contributed by atoms with Gasteiger partial charge in [0.2, 0.25) is 0 Å². The molecule has 21 heavy (non-hydrogen) atoms. The van der Waals surface area contributed by atoms with Crippen molar-refractivity contribution in [2.45, 2.75) is 9.79 Å². The Morgan fingerprint density at radius 3 is 0.952 bits per heavy atom. The van der Waals surface area contributed by atoms with Gasteiger partial charge in [-0.15, -0.1) is 0 Å². The predicted octanol–water partition coefficient (Wildman–Crippen LogP) is 1.18. The fourth-order valence-electron chi connectivity index (χ4n) is 1.17. The van der Waals surface area contributed by atoms with Crippen LogP contribution in [0.3, 0.4) is 0 Å². The van der Waals surface area contributed by atoms with Gasteiger partial charge in [-0.3, -0.25) is 0 Å². The minimum atomic E-state index is -4.25. The van der Waals surface area contributed by atoms with E-state index in [0.29, 0.717) is 0 Å². The fourth-order valence-corrected chi connectivity index (χ4v) is 2.16. The van der Waals surface area contributed by atoms with Crippen molar-refractivity contribution in [3.05, 3.63) is 60.7 Å². The van der Waals surface area contributed by atoms with E-state index < -0.39 is 20.2 Å².